The Balaban J connectivity index is 1.61. The summed E-state index contributed by atoms with van der Waals surface area (Å²) in [6, 6.07) is 11.4. The van der Waals surface area contributed by atoms with Gasteiger partial charge < -0.3 is 8.83 Å². The monoisotopic (exact) mass is 549 g/mol. The molecule has 7 aromatic carbocycles. The number of hydrogen-bond acceptors (Lipinski definition) is 2. The number of furan rings is 2. The Morgan fingerprint density at radius 2 is 0.976 bits per heavy atom. The highest BCUT2D eigenvalue weighted by Gasteiger charge is 2.24. The first-order chi connectivity index (χ1) is 26.2. The van der Waals surface area contributed by atoms with Gasteiger partial charge in [0, 0.05) is 33.4 Å². The average Bonchev–Trinajstić information content (AvgIpc) is 3.75. The molecule has 0 atom stereocenters. The molecule has 2 nitrogen and oxygen atoms in total. The van der Waals surface area contributed by atoms with Gasteiger partial charge in [0.2, 0.25) is 0 Å². The van der Waals surface area contributed by atoms with Crippen LogP contribution in [0, 0.1) is 0 Å². The lowest BCUT2D eigenvalue weighted by atomic mass is 9.86. The van der Waals surface area contributed by atoms with Crippen molar-refractivity contribution in [2.45, 2.75) is 0 Å². The number of fused-ring (bicyclic) bond motifs is 6. The van der Waals surface area contributed by atoms with E-state index < -0.39 is 84.1 Å². The summed E-state index contributed by atoms with van der Waals surface area (Å²) in [5, 5.41) is 1.11. The molecule has 0 N–H and O–H groups in total. The number of benzene rings is 7. The Hall–Kier alpha value is -5.60. The maximum atomic E-state index is 9.35. The van der Waals surface area contributed by atoms with E-state index in [1.807, 2.05) is 48.5 Å². The molecule has 2 heteroatoms. The maximum Gasteiger partial charge on any atom is 0.144 e. The van der Waals surface area contributed by atoms with Gasteiger partial charge in [-0.2, -0.15) is 0 Å². The molecule has 0 aliphatic heterocycles. The van der Waals surface area contributed by atoms with Crippen LogP contribution in [0.1, 0.15) is 17.8 Å². The van der Waals surface area contributed by atoms with Crippen LogP contribution < -0.4 is 0 Å². The van der Waals surface area contributed by atoms with Gasteiger partial charge in [-0.25, -0.2) is 0 Å². The fourth-order valence-corrected chi connectivity index (χ4v) is 5.86. The molecular formula is C40H24O2. The van der Waals surface area contributed by atoms with Crippen molar-refractivity contribution in [3.8, 4) is 33.6 Å². The van der Waals surface area contributed by atoms with E-state index in [0.29, 0.717) is 33.3 Å². The molecule has 0 spiro atoms. The zero-order valence-corrected chi connectivity index (χ0v) is 21.7. The van der Waals surface area contributed by atoms with Crippen LogP contribution in [0.5, 0.6) is 0 Å². The van der Waals surface area contributed by atoms with Crippen molar-refractivity contribution in [2.24, 2.45) is 0 Å². The van der Waals surface area contributed by atoms with Crippen molar-refractivity contribution in [1.29, 1.82) is 0 Å². The standard InChI is InChI=1S/C40H24O2/c1-3-13-25(14-4-1)37-28-18-7-9-20-30(28)39(31-21-10-8-19-29(31)37)40-38(26-15-5-2-6-16-26)33-23-32-27-17-11-12-22-34(27)41-35(32)24-36(33)42-40/h1-24H/i1D,3D,4D,7D,8D,9D,10D,13D,14D,18D,19D,20D,21D. The molecule has 0 aliphatic rings. The van der Waals surface area contributed by atoms with Crippen LogP contribution in [-0.2, 0) is 0 Å². The lowest BCUT2D eigenvalue weighted by Gasteiger charge is -2.17. The smallest absolute Gasteiger partial charge is 0.144 e. The second kappa shape index (κ2) is 8.95. The van der Waals surface area contributed by atoms with Crippen molar-refractivity contribution >= 4 is 54.5 Å². The van der Waals surface area contributed by atoms with E-state index in [2.05, 4.69) is 0 Å². The highest BCUT2D eigenvalue weighted by atomic mass is 16.3. The van der Waals surface area contributed by atoms with Crippen molar-refractivity contribution in [1.82, 2.24) is 0 Å². The number of hydrogen-bond donors (Lipinski definition) is 0. The molecule has 0 saturated heterocycles. The summed E-state index contributed by atoms with van der Waals surface area (Å²) < 4.78 is 128. The first-order valence-electron chi connectivity index (χ1n) is 19.7. The van der Waals surface area contributed by atoms with E-state index >= 15 is 0 Å². The van der Waals surface area contributed by atoms with Gasteiger partial charge in [0.25, 0.3) is 0 Å². The largest absolute Gasteiger partial charge is 0.456 e. The van der Waals surface area contributed by atoms with Gasteiger partial charge in [-0.15, -0.1) is 0 Å². The molecule has 0 radical (unpaired) electrons. The van der Waals surface area contributed by atoms with Crippen molar-refractivity contribution in [3.05, 3.63) is 145 Å². The minimum Gasteiger partial charge on any atom is -0.456 e. The number of para-hydroxylation sites is 1. The molecule has 0 bridgehead atoms. The Morgan fingerprint density at radius 1 is 0.381 bits per heavy atom. The van der Waals surface area contributed by atoms with Crippen LogP contribution >= 0.6 is 0 Å². The van der Waals surface area contributed by atoms with Crippen molar-refractivity contribution in [3.63, 3.8) is 0 Å². The van der Waals surface area contributed by atoms with E-state index in [1.54, 1.807) is 18.2 Å². The van der Waals surface area contributed by atoms with Gasteiger partial charge >= 0.3 is 0 Å². The van der Waals surface area contributed by atoms with Crippen molar-refractivity contribution in [2.75, 3.05) is 0 Å². The Morgan fingerprint density at radius 3 is 1.69 bits per heavy atom. The molecule has 0 aliphatic carbocycles. The predicted octanol–water partition coefficient (Wildman–Crippen LogP) is 11.6. The molecule has 0 amide bonds. The predicted molar refractivity (Wildman–Crippen MR) is 175 cm³/mol. The summed E-state index contributed by atoms with van der Waals surface area (Å²) in [7, 11) is 0. The fraction of sp³-hybridized carbons (Fsp3) is 0. The van der Waals surface area contributed by atoms with Crippen LogP contribution in [0.25, 0.3) is 88.0 Å². The quantitative estimate of drug-likeness (QED) is 0.205. The Labute approximate surface area is 260 Å². The summed E-state index contributed by atoms with van der Waals surface area (Å²) in [6.07, 6.45) is 0. The van der Waals surface area contributed by atoms with Gasteiger partial charge in [-0.3, -0.25) is 0 Å². The second-order valence-corrected chi connectivity index (χ2v) is 9.86. The zero-order valence-electron chi connectivity index (χ0n) is 34.7. The van der Waals surface area contributed by atoms with Crippen LogP contribution in [0.15, 0.2) is 154 Å². The highest BCUT2D eigenvalue weighted by Crippen LogP contribution is 2.49. The van der Waals surface area contributed by atoms with E-state index in [-0.39, 0.29) is 38.4 Å². The van der Waals surface area contributed by atoms with Crippen molar-refractivity contribution < 1.29 is 26.7 Å². The molecule has 196 valence electrons. The van der Waals surface area contributed by atoms with Gasteiger partial charge in [0.1, 0.15) is 22.5 Å². The van der Waals surface area contributed by atoms with Crippen LogP contribution in [0.3, 0.4) is 0 Å². The fourth-order valence-electron chi connectivity index (χ4n) is 5.86. The summed E-state index contributed by atoms with van der Waals surface area (Å²) in [5.74, 6) is 0.0239. The lowest BCUT2D eigenvalue weighted by Crippen LogP contribution is -1.91. The third-order valence-corrected chi connectivity index (χ3v) is 7.60. The molecule has 2 heterocycles. The molecule has 9 rings (SSSR count). The summed E-state index contributed by atoms with van der Waals surface area (Å²) in [5.41, 5.74) is 1.63. The van der Waals surface area contributed by atoms with E-state index in [4.69, 9.17) is 21.2 Å². The zero-order chi connectivity index (χ0) is 38.9. The highest BCUT2D eigenvalue weighted by molar-refractivity contribution is 6.23. The molecule has 0 unspecified atom stereocenters. The van der Waals surface area contributed by atoms with Gasteiger partial charge in [-0.1, -0.05) is 127 Å². The van der Waals surface area contributed by atoms with Crippen LogP contribution in [0.2, 0.25) is 0 Å². The summed E-state index contributed by atoms with van der Waals surface area (Å²) >= 11 is 0. The van der Waals surface area contributed by atoms with Gasteiger partial charge in [-0.05, 0) is 50.4 Å². The first kappa shape index (κ1) is 13.8. The number of rotatable bonds is 3. The van der Waals surface area contributed by atoms with E-state index in [0.717, 1.165) is 10.8 Å². The average molecular weight is 550 g/mol. The Kier molecular flexibility index (Phi) is 2.95. The minimum absolute atomic E-state index is 0.0239. The molecule has 0 fully saturated rings. The van der Waals surface area contributed by atoms with Crippen LogP contribution in [-0.4, -0.2) is 0 Å². The SMILES string of the molecule is [2H]c1c([2H])c([2H])c(-c2c3c([2H])c([2H])c([2H])c([2H])c3c(-c3oc4cc5oc6ccccc6c5cc4c3-c3ccccc3)c3c([2H])c([2H])c([2H])c([2H])c23)c([2H])c1[2H]. The summed E-state index contributed by atoms with van der Waals surface area (Å²) in [4.78, 5) is 0. The van der Waals surface area contributed by atoms with E-state index in [1.165, 1.54) is 0 Å². The molecule has 42 heavy (non-hydrogen) atoms. The molecule has 2 aromatic heterocycles. The van der Waals surface area contributed by atoms with Crippen LogP contribution in [0.4, 0.5) is 0 Å². The van der Waals surface area contributed by atoms with Gasteiger partial charge in [0.05, 0.1) is 17.8 Å². The van der Waals surface area contributed by atoms with Gasteiger partial charge in [0.15, 0.2) is 0 Å². The Bertz CT molecular complexity index is 3070. The third kappa shape index (κ3) is 3.33. The normalized spacial score (nSPS) is 16.1. The maximum absolute atomic E-state index is 9.35. The first-order valence-corrected chi connectivity index (χ1v) is 13.2. The molecule has 9 aromatic rings. The van der Waals surface area contributed by atoms with E-state index in [9.17, 15) is 5.48 Å². The molecular weight excluding hydrogens is 512 g/mol. The third-order valence-electron chi connectivity index (χ3n) is 7.60. The second-order valence-electron chi connectivity index (χ2n) is 9.86. The topological polar surface area (TPSA) is 26.3 Å². The minimum atomic E-state index is -0.733. The molecule has 0 saturated carbocycles. The summed E-state index contributed by atoms with van der Waals surface area (Å²) in [6.45, 7) is 0. The lowest BCUT2D eigenvalue weighted by molar-refractivity contribution is 0.630.